The fourth-order valence-corrected chi connectivity index (χ4v) is 3.34. The first-order valence-electron chi connectivity index (χ1n) is 9.40. The van der Waals surface area contributed by atoms with Gasteiger partial charge < -0.3 is 5.32 Å². The van der Waals surface area contributed by atoms with Crippen LogP contribution in [0.2, 0.25) is 0 Å². The highest BCUT2D eigenvalue weighted by Gasteiger charge is 2.32. The standard InChI is InChI=1S/C23H17F3N4O/c24-23(25,26)18-11-12-20(30-15-27-14-28-30)19(13-18)29-22(31)21(16-7-3-1-4-8-16)17-9-5-2-6-10-17/h1-15,21H,(H,29,31). The molecule has 0 bridgehead atoms. The number of aromatic nitrogens is 3. The molecule has 8 heteroatoms. The highest BCUT2D eigenvalue weighted by atomic mass is 19.4. The fourth-order valence-electron chi connectivity index (χ4n) is 3.34. The number of alkyl halides is 3. The normalized spacial score (nSPS) is 11.5. The molecule has 0 saturated heterocycles. The van der Waals surface area contributed by atoms with E-state index in [9.17, 15) is 18.0 Å². The van der Waals surface area contributed by atoms with Crippen LogP contribution in [0.25, 0.3) is 5.69 Å². The summed E-state index contributed by atoms with van der Waals surface area (Å²) >= 11 is 0. The molecule has 3 aromatic carbocycles. The Labute approximate surface area is 176 Å². The average molecular weight is 422 g/mol. The van der Waals surface area contributed by atoms with Gasteiger partial charge in [0.15, 0.2) is 0 Å². The van der Waals surface area contributed by atoms with Gasteiger partial charge in [-0.1, -0.05) is 60.7 Å². The quantitative estimate of drug-likeness (QED) is 0.489. The zero-order valence-electron chi connectivity index (χ0n) is 16.1. The molecule has 0 radical (unpaired) electrons. The SMILES string of the molecule is O=C(Nc1cc(C(F)(F)F)ccc1-n1cncn1)C(c1ccccc1)c1ccccc1. The predicted molar refractivity (Wildman–Crippen MR) is 110 cm³/mol. The molecule has 5 nitrogen and oxygen atoms in total. The van der Waals surface area contributed by atoms with Crippen molar-refractivity contribution >= 4 is 11.6 Å². The summed E-state index contributed by atoms with van der Waals surface area (Å²) in [6.45, 7) is 0. The van der Waals surface area contributed by atoms with Crippen LogP contribution in [-0.2, 0) is 11.0 Å². The largest absolute Gasteiger partial charge is 0.416 e. The highest BCUT2D eigenvalue weighted by Crippen LogP contribution is 2.34. The maximum atomic E-state index is 13.4. The molecule has 0 spiro atoms. The molecule has 0 aliphatic carbocycles. The lowest BCUT2D eigenvalue weighted by Crippen LogP contribution is -2.23. The minimum Gasteiger partial charge on any atom is -0.323 e. The minimum atomic E-state index is -4.56. The van der Waals surface area contributed by atoms with Gasteiger partial charge in [-0.3, -0.25) is 4.79 Å². The smallest absolute Gasteiger partial charge is 0.323 e. The van der Waals surface area contributed by atoms with Crippen LogP contribution >= 0.6 is 0 Å². The number of halogens is 3. The molecule has 4 aromatic rings. The van der Waals surface area contributed by atoms with Crippen molar-refractivity contribution in [3.8, 4) is 5.69 Å². The van der Waals surface area contributed by atoms with Crippen LogP contribution < -0.4 is 5.32 Å². The molecule has 0 saturated carbocycles. The first kappa shape index (κ1) is 20.3. The zero-order valence-corrected chi connectivity index (χ0v) is 16.1. The summed E-state index contributed by atoms with van der Waals surface area (Å²) in [5.74, 6) is -1.17. The Morgan fingerprint density at radius 2 is 1.52 bits per heavy atom. The van der Waals surface area contributed by atoms with Gasteiger partial charge in [-0.2, -0.15) is 18.3 Å². The Hall–Kier alpha value is -3.94. The summed E-state index contributed by atoms with van der Waals surface area (Å²) in [5.41, 5.74) is 0.838. The Bertz CT molecular complexity index is 1120. The van der Waals surface area contributed by atoms with Crippen molar-refractivity contribution in [2.24, 2.45) is 0 Å². The number of rotatable bonds is 5. The number of hydrogen-bond acceptors (Lipinski definition) is 3. The van der Waals surface area contributed by atoms with E-state index in [1.807, 2.05) is 60.7 Å². The Kier molecular flexibility index (Phi) is 5.53. The molecule has 0 fully saturated rings. The molecule has 0 atom stereocenters. The van der Waals surface area contributed by atoms with Crippen LogP contribution in [0.1, 0.15) is 22.6 Å². The van der Waals surface area contributed by atoms with Gasteiger partial charge in [-0.15, -0.1) is 0 Å². The average Bonchev–Trinajstić information content (AvgIpc) is 3.29. The molecular formula is C23H17F3N4O. The van der Waals surface area contributed by atoms with Gasteiger partial charge in [-0.25, -0.2) is 9.67 Å². The lowest BCUT2D eigenvalue weighted by Gasteiger charge is -2.20. The summed E-state index contributed by atoms with van der Waals surface area (Å²) in [4.78, 5) is 17.2. The number of carbonyl (C=O) groups excluding carboxylic acids is 1. The molecule has 0 aliphatic rings. The van der Waals surface area contributed by atoms with E-state index in [0.717, 1.165) is 23.3 Å². The Balaban J connectivity index is 1.76. The van der Waals surface area contributed by atoms with Gasteiger partial charge in [0.1, 0.15) is 12.7 Å². The summed E-state index contributed by atoms with van der Waals surface area (Å²) < 4.78 is 41.3. The van der Waals surface area contributed by atoms with E-state index in [2.05, 4.69) is 15.4 Å². The molecule has 0 unspecified atom stereocenters. The van der Waals surface area contributed by atoms with Gasteiger partial charge in [0.2, 0.25) is 5.91 Å². The van der Waals surface area contributed by atoms with Crippen LogP contribution in [0.15, 0.2) is 91.5 Å². The van der Waals surface area contributed by atoms with Crippen molar-refractivity contribution in [2.75, 3.05) is 5.32 Å². The second-order valence-electron chi connectivity index (χ2n) is 6.81. The molecule has 1 aromatic heterocycles. The van der Waals surface area contributed by atoms with Crippen molar-refractivity contribution in [1.82, 2.24) is 14.8 Å². The maximum Gasteiger partial charge on any atom is 0.416 e. The number of benzene rings is 3. The highest BCUT2D eigenvalue weighted by molar-refractivity contribution is 5.99. The van der Waals surface area contributed by atoms with Gasteiger partial charge in [-0.05, 0) is 29.3 Å². The van der Waals surface area contributed by atoms with Gasteiger partial charge >= 0.3 is 6.18 Å². The van der Waals surface area contributed by atoms with Crippen LogP contribution in [0.5, 0.6) is 0 Å². The third kappa shape index (κ3) is 4.48. The van der Waals surface area contributed by atoms with Crippen molar-refractivity contribution in [3.63, 3.8) is 0 Å². The second kappa shape index (κ2) is 8.43. The maximum absolute atomic E-state index is 13.4. The van der Waals surface area contributed by atoms with E-state index >= 15 is 0 Å². The number of amides is 1. The van der Waals surface area contributed by atoms with Gasteiger partial charge in [0.25, 0.3) is 0 Å². The van der Waals surface area contributed by atoms with Crippen LogP contribution in [0, 0.1) is 0 Å². The van der Waals surface area contributed by atoms with E-state index < -0.39 is 23.6 Å². The minimum absolute atomic E-state index is 0.0119. The van der Waals surface area contributed by atoms with Crippen LogP contribution in [0.4, 0.5) is 18.9 Å². The zero-order chi connectivity index (χ0) is 21.8. The summed E-state index contributed by atoms with van der Waals surface area (Å²) in [5, 5.41) is 6.66. The van der Waals surface area contributed by atoms with E-state index in [1.165, 1.54) is 23.4 Å². The van der Waals surface area contributed by atoms with Gasteiger partial charge in [0.05, 0.1) is 22.9 Å². The van der Waals surface area contributed by atoms with Crippen molar-refractivity contribution < 1.29 is 18.0 Å². The van der Waals surface area contributed by atoms with E-state index in [-0.39, 0.29) is 11.4 Å². The van der Waals surface area contributed by atoms with Crippen LogP contribution in [0.3, 0.4) is 0 Å². The predicted octanol–water partition coefficient (Wildman–Crippen LogP) is 5.06. The second-order valence-corrected chi connectivity index (χ2v) is 6.81. The van der Waals surface area contributed by atoms with Gasteiger partial charge in [0, 0.05) is 0 Å². The van der Waals surface area contributed by atoms with E-state index in [0.29, 0.717) is 0 Å². The number of hydrogen-bond donors (Lipinski definition) is 1. The topological polar surface area (TPSA) is 59.8 Å². The lowest BCUT2D eigenvalue weighted by molar-refractivity contribution is -0.137. The van der Waals surface area contributed by atoms with Crippen molar-refractivity contribution in [2.45, 2.75) is 12.1 Å². The lowest BCUT2D eigenvalue weighted by atomic mass is 9.90. The Morgan fingerprint density at radius 3 is 2.03 bits per heavy atom. The summed E-state index contributed by atoms with van der Waals surface area (Å²) in [6.07, 6.45) is -1.94. The molecule has 156 valence electrons. The first-order valence-corrected chi connectivity index (χ1v) is 9.40. The first-order chi connectivity index (χ1) is 14.9. The summed E-state index contributed by atoms with van der Waals surface area (Å²) in [7, 11) is 0. The molecule has 4 rings (SSSR count). The molecule has 1 N–H and O–H groups in total. The molecule has 1 heterocycles. The molecule has 31 heavy (non-hydrogen) atoms. The third-order valence-electron chi connectivity index (χ3n) is 4.78. The Morgan fingerprint density at radius 1 is 0.903 bits per heavy atom. The fraction of sp³-hybridized carbons (Fsp3) is 0.0870. The number of anilines is 1. The third-order valence-corrected chi connectivity index (χ3v) is 4.78. The number of nitrogens with zero attached hydrogens (tertiary/aromatic N) is 3. The van der Waals surface area contributed by atoms with E-state index in [4.69, 9.17) is 0 Å². The van der Waals surface area contributed by atoms with Crippen LogP contribution in [-0.4, -0.2) is 20.7 Å². The molecule has 0 aliphatic heterocycles. The van der Waals surface area contributed by atoms with Crippen molar-refractivity contribution in [3.05, 3.63) is 108 Å². The number of nitrogens with one attached hydrogen (secondary N) is 1. The monoisotopic (exact) mass is 422 g/mol. The van der Waals surface area contributed by atoms with E-state index in [1.54, 1.807) is 0 Å². The molecule has 1 amide bonds. The summed E-state index contributed by atoms with van der Waals surface area (Å²) in [6, 6.07) is 21.2. The number of carbonyl (C=O) groups is 1. The molecular weight excluding hydrogens is 405 g/mol. The van der Waals surface area contributed by atoms with Crippen molar-refractivity contribution in [1.29, 1.82) is 0 Å².